The summed E-state index contributed by atoms with van der Waals surface area (Å²) in [4.78, 5) is 16.0. The lowest BCUT2D eigenvalue weighted by molar-refractivity contribution is 0.794. The van der Waals surface area contributed by atoms with Gasteiger partial charge in [0.1, 0.15) is 0 Å². The third-order valence-corrected chi connectivity index (χ3v) is 14.8. The zero-order valence-electron chi connectivity index (χ0n) is 37.3. The highest BCUT2D eigenvalue weighted by Crippen LogP contribution is 2.64. The first-order valence-corrected chi connectivity index (χ1v) is 23.6. The van der Waals surface area contributed by atoms with Gasteiger partial charge in [-0.15, -0.1) is 0 Å². The molecule has 0 atom stereocenters. The molecular weight excluding hydrogens is 839 g/mol. The van der Waals surface area contributed by atoms with Crippen molar-refractivity contribution < 1.29 is 0 Å². The Labute approximate surface area is 397 Å². The Balaban J connectivity index is 1.04. The maximum Gasteiger partial charge on any atom is 0.238 e. The minimum Gasteiger partial charge on any atom is -0.309 e. The van der Waals surface area contributed by atoms with Gasteiger partial charge in [-0.1, -0.05) is 194 Å². The molecule has 0 bridgehead atoms. The molecular formula is C64H39N5. The zero-order valence-corrected chi connectivity index (χ0v) is 37.3. The number of rotatable bonds is 5. The second-order valence-corrected chi connectivity index (χ2v) is 18.3. The zero-order chi connectivity index (χ0) is 45.2. The van der Waals surface area contributed by atoms with Gasteiger partial charge in [0, 0.05) is 43.9 Å². The van der Waals surface area contributed by atoms with Crippen molar-refractivity contribution in [2.24, 2.45) is 0 Å². The van der Waals surface area contributed by atoms with Gasteiger partial charge in [0.25, 0.3) is 0 Å². The van der Waals surface area contributed by atoms with Crippen molar-refractivity contribution in [1.29, 1.82) is 0 Å². The third kappa shape index (κ3) is 5.27. The highest BCUT2D eigenvalue weighted by molar-refractivity contribution is 6.18. The van der Waals surface area contributed by atoms with Crippen molar-refractivity contribution in [2.45, 2.75) is 5.41 Å². The van der Waals surface area contributed by atoms with E-state index in [-0.39, 0.29) is 0 Å². The van der Waals surface area contributed by atoms with E-state index >= 15 is 0 Å². The molecule has 0 radical (unpaired) electrons. The first kappa shape index (κ1) is 38.0. The molecule has 69 heavy (non-hydrogen) atoms. The van der Waals surface area contributed by atoms with Gasteiger partial charge in [0.05, 0.1) is 27.5 Å². The van der Waals surface area contributed by atoms with E-state index in [4.69, 9.17) is 15.0 Å². The van der Waals surface area contributed by atoms with Gasteiger partial charge in [0.2, 0.25) is 5.95 Å². The molecule has 320 valence electrons. The van der Waals surface area contributed by atoms with E-state index in [2.05, 4.69) is 209 Å². The van der Waals surface area contributed by atoms with Gasteiger partial charge in [-0.2, -0.15) is 9.97 Å². The monoisotopic (exact) mass is 877 g/mol. The van der Waals surface area contributed by atoms with Crippen LogP contribution in [0.4, 0.5) is 0 Å². The van der Waals surface area contributed by atoms with Gasteiger partial charge < -0.3 is 4.57 Å². The number of hydrogen-bond donors (Lipinski definition) is 0. The van der Waals surface area contributed by atoms with Crippen molar-refractivity contribution >= 4 is 43.6 Å². The van der Waals surface area contributed by atoms with Crippen molar-refractivity contribution in [3.8, 4) is 67.8 Å². The van der Waals surface area contributed by atoms with E-state index < -0.39 is 5.41 Å². The maximum absolute atomic E-state index is 5.42. The molecule has 0 aliphatic heterocycles. The largest absolute Gasteiger partial charge is 0.309 e. The van der Waals surface area contributed by atoms with Crippen LogP contribution in [0, 0.1) is 0 Å². The van der Waals surface area contributed by atoms with Crippen molar-refractivity contribution in [3.05, 3.63) is 259 Å². The van der Waals surface area contributed by atoms with Crippen molar-refractivity contribution in [3.63, 3.8) is 0 Å². The number of fused-ring (bicyclic) bond motifs is 17. The van der Waals surface area contributed by atoms with Crippen LogP contribution in [0.5, 0.6) is 0 Å². The summed E-state index contributed by atoms with van der Waals surface area (Å²) in [6.07, 6.45) is 0. The molecule has 0 fully saturated rings. The molecule has 0 saturated heterocycles. The molecule has 15 rings (SSSR count). The van der Waals surface area contributed by atoms with Crippen LogP contribution in [0.2, 0.25) is 0 Å². The van der Waals surface area contributed by atoms with E-state index in [1.807, 2.05) is 36.4 Å². The van der Waals surface area contributed by atoms with Crippen LogP contribution in [-0.4, -0.2) is 24.1 Å². The van der Waals surface area contributed by atoms with E-state index in [9.17, 15) is 0 Å². The summed E-state index contributed by atoms with van der Waals surface area (Å²) in [5.74, 6) is 1.82. The first-order chi connectivity index (χ1) is 34.2. The Morgan fingerprint density at radius 2 is 0.783 bits per heavy atom. The molecule has 2 aliphatic rings. The Hall–Kier alpha value is -9.19. The van der Waals surface area contributed by atoms with E-state index in [0.717, 1.165) is 49.7 Å². The highest BCUT2D eigenvalue weighted by atomic mass is 15.2. The quantitative estimate of drug-likeness (QED) is 0.173. The molecule has 0 unspecified atom stereocenters. The lowest BCUT2D eigenvalue weighted by Crippen LogP contribution is -2.25. The smallest absolute Gasteiger partial charge is 0.238 e. The third-order valence-electron chi connectivity index (χ3n) is 14.8. The number of aromatic nitrogens is 5. The number of para-hydroxylation sites is 2. The summed E-state index contributed by atoms with van der Waals surface area (Å²) in [5.41, 5.74) is 19.4. The van der Waals surface area contributed by atoms with Crippen LogP contribution in [-0.2, 0) is 5.41 Å². The fraction of sp³-hybridized carbons (Fsp3) is 0.0156. The lowest BCUT2D eigenvalue weighted by Gasteiger charge is -2.30. The average Bonchev–Trinajstić information content (AvgIpc) is 4.13. The van der Waals surface area contributed by atoms with Crippen LogP contribution in [0.15, 0.2) is 237 Å². The SMILES string of the molecule is c1ccc(-c2nc(-c3ccccc3)nc(-n3c4ccc(-c5ccc6c(c5)c5ccccc5n6-c5ccccc5)cc4c4ccc5c(c43)-c3ccccc3C53c4ccccc4-c4ccccc43)n2)cc1. The molecule has 3 aromatic heterocycles. The van der Waals surface area contributed by atoms with Crippen LogP contribution in [0.1, 0.15) is 22.3 Å². The number of benzene rings is 10. The molecule has 0 N–H and O–H groups in total. The Kier molecular flexibility index (Phi) is 7.93. The predicted octanol–water partition coefficient (Wildman–Crippen LogP) is 15.4. The normalized spacial score (nSPS) is 13.0. The lowest BCUT2D eigenvalue weighted by atomic mass is 9.70. The van der Waals surface area contributed by atoms with Crippen LogP contribution < -0.4 is 0 Å². The molecule has 3 heterocycles. The van der Waals surface area contributed by atoms with Gasteiger partial charge >= 0.3 is 0 Å². The minimum absolute atomic E-state index is 0.516. The first-order valence-electron chi connectivity index (χ1n) is 23.6. The Bertz CT molecular complexity index is 4140. The number of hydrogen-bond acceptors (Lipinski definition) is 3. The molecule has 1 spiro atoms. The average molecular weight is 878 g/mol. The Morgan fingerprint density at radius 1 is 0.304 bits per heavy atom. The fourth-order valence-corrected chi connectivity index (χ4v) is 12.0. The summed E-state index contributed by atoms with van der Waals surface area (Å²) >= 11 is 0. The molecule has 0 saturated carbocycles. The predicted molar refractivity (Wildman–Crippen MR) is 281 cm³/mol. The van der Waals surface area contributed by atoms with E-state index in [1.54, 1.807) is 0 Å². The maximum atomic E-state index is 5.42. The molecule has 10 aromatic carbocycles. The molecule has 5 heteroatoms. The standard InChI is InChI=1S/C64H39N5/c1-4-18-40(19-5-1)61-65-62(41-20-6-2-7-21-41)67-63(66-61)69-58-37-33-43(42-32-36-57-50(38-42)47-26-13-17-31-56(47)68(57)44-22-8-3-9-23-44)39-51(58)48-34-35-55-59(60(48)69)49-27-12-16-30-54(49)64(55)52-28-14-10-24-45(52)46-25-11-15-29-53(46)64/h1-39H. The second kappa shape index (κ2) is 14.4. The summed E-state index contributed by atoms with van der Waals surface area (Å²) < 4.78 is 4.70. The molecule has 5 nitrogen and oxygen atoms in total. The minimum atomic E-state index is -0.516. The highest BCUT2D eigenvalue weighted by Gasteiger charge is 2.52. The van der Waals surface area contributed by atoms with Gasteiger partial charge in [-0.3, -0.25) is 4.57 Å². The summed E-state index contributed by atoms with van der Waals surface area (Å²) in [6.45, 7) is 0. The second-order valence-electron chi connectivity index (χ2n) is 18.3. The topological polar surface area (TPSA) is 48.5 Å². The summed E-state index contributed by atoms with van der Waals surface area (Å²) in [5, 5.41) is 4.72. The summed E-state index contributed by atoms with van der Waals surface area (Å²) in [6, 6.07) is 85.6. The summed E-state index contributed by atoms with van der Waals surface area (Å²) in [7, 11) is 0. The van der Waals surface area contributed by atoms with Crippen LogP contribution in [0.3, 0.4) is 0 Å². The molecule has 0 amide bonds. The van der Waals surface area contributed by atoms with Gasteiger partial charge in [0.15, 0.2) is 11.6 Å². The number of nitrogens with zero attached hydrogens (tertiary/aromatic N) is 5. The van der Waals surface area contributed by atoms with Gasteiger partial charge in [-0.25, -0.2) is 4.98 Å². The van der Waals surface area contributed by atoms with Gasteiger partial charge in [-0.05, 0) is 92.5 Å². The van der Waals surface area contributed by atoms with E-state index in [0.29, 0.717) is 17.6 Å². The van der Waals surface area contributed by atoms with Crippen LogP contribution in [0.25, 0.3) is 111 Å². The van der Waals surface area contributed by atoms with Crippen molar-refractivity contribution in [2.75, 3.05) is 0 Å². The van der Waals surface area contributed by atoms with E-state index in [1.165, 1.54) is 66.3 Å². The molecule has 2 aliphatic carbocycles. The van der Waals surface area contributed by atoms with Crippen LogP contribution >= 0.6 is 0 Å². The van der Waals surface area contributed by atoms with Crippen molar-refractivity contribution in [1.82, 2.24) is 24.1 Å². The fourth-order valence-electron chi connectivity index (χ4n) is 12.0. The molecule has 13 aromatic rings. The Morgan fingerprint density at radius 3 is 1.41 bits per heavy atom.